The van der Waals surface area contributed by atoms with Crippen molar-refractivity contribution in [3.8, 4) is 0 Å². The normalized spacial score (nSPS) is 11.5. The van der Waals surface area contributed by atoms with Crippen LogP contribution in [-0.4, -0.2) is 45.2 Å². The van der Waals surface area contributed by atoms with Gasteiger partial charge in [-0.2, -0.15) is 0 Å². The summed E-state index contributed by atoms with van der Waals surface area (Å²) in [6, 6.07) is 0. The highest BCUT2D eigenvalue weighted by atomic mass is 16.5. The summed E-state index contributed by atoms with van der Waals surface area (Å²) in [6.07, 6.45) is 8.90. The molecule has 0 saturated heterocycles. The largest absolute Gasteiger partial charge is 0.399 e. The van der Waals surface area contributed by atoms with E-state index in [0.717, 1.165) is 44.2 Å². The van der Waals surface area contributed by atoms with Gasteiger partial charge in [0, 0.05) is 32.1 Å². The van der Waals surface area contributed by atoms with Crippen molar-refractivity contribution in [2.75, 3.05) is 13.2 Å². The van der Waals surface area contributed by atoms with Crippen LogP contribution < -0.4 is 11.6 Å². The Morgan fingerprint density at radius 1 is 1.35 bits per heavy atom. The molecule has 0 aliphatic heterocycles. The van der Waals surface area contributed by atoms with Gasteiger partial charge in [-0.15, -0.1) is 5.10 Å². The summed E-state index contributed by atoms with van der Waals surface area (Å²) in [5, 5.41) is 9.57. The van der Waals surface area contributed by atoms with Crippen LogP contribution in [0.5, 0.6) is 0 Å². The van der Waals surface area contributed by atoms with E-state index in [1.807, 2.05) is 6.20 Å². The Kier molecular flexibility index (Phi) is 10.9. The van der Waals surface area contributed by atoms with Gasteiger partial charge >= 0.3 is 0 Å². The first kappa shape index (κ1) is 21.8. The molecular weight excluding hydrogens is 336 g/mol. The molecule has 0 fully saturated rings. The molecule has 0 bridgehead atoms. The van der Waals surface area contributed by atoms with Crippen molar-refractivity contribution in [1.29, 1.82) is 0 Å². The number of carbonyl (C=O) groups is 2. The molecule has 9 nitrogen and oxygen atoms in total. The number of hydrazine groups is 1. The Morgan fingerprint density at radius 3 is 2.88 bits per heavy atom. The Balaban J connectivity index is 2.20. The summed E-state index contributed by atoms with van der Waals surface area (Å²) < 4.78 is 7.26. The second-order valence-corrected chi connectivity index (χ2v) is 6.23. The number of rotatable bonds is 15. The molecule has 9 heteroatoms. The molecule has 0 aliphatic rings. The average Bonchev–Trinajstić information content (AvgIpc) is 3.03. The van der Waals surface area contributed by atoms with Gasteiger partial charge in [-0.3, -0.25) is 4.68 Å². The quantitative estimate of drug-likeness (QED) is 0.203. The molecule has 4 N–H and O–H groups in total. The van der Waals surface area contributed by atoms with Crippen molar-refractivity contribution in [2.24, 2.45) is 11.6 Å². The van der Waals surface area contributed by atoms with Crippen LogP contribution in [0.4, 0.5) is 0 Å². The molecule has 26 heavy (non-hydrogen) atoms. The number of Topliss-reactive ketones (excluding diaryl/α,β-unsaturated/α-hetero) is 1. The zero-order chi connectivity index (χ0) is 19.2. The van der Waals surface area contributed by atoms with Crippen LogP contribution in [0.1, 0.15) is 51.1 Å². The van der Waals surface area contributed by atoms with Crippen molar-refractivity contribution < 1.29 is 14.3 Å². The van der Waals surface area contributed by atoms with Crippen LogP contribution in [0, 0.1) is 0 Å². The minimum atomic E-state index is 0.209. The number of ketones is 1. The van der Waals surface area contributed by atoms with E-state index in [1.165, 1.54) is 5.01 Å². The van der Waals surface area contributed by atoms with E-state index in [9.17, 15) is 9.59 Å². The first-order valence-corrected chi connectivity index (χ1v) is 8.88. The minimum Gasteiger partial charge on any atom is -0.399 e. The number of ether oxygens (including phenoxy) is 1. The number of hydrogen-bond acceptors (Lipinski definition) is 8. The van der Waals surface area contributed by atoms with Crippen LogP contribution in [0.25, 0.3) is 0 Å². The molecule has 0 atom stereocenters. The molecule has 0 radical (unpaired) electrons. The molecule has 1 heterocycles. The summed E-state index contributed by atoms with van der Waals surface area (Å²) >= 11 is 0. The highest BCUT2D eigenvalue weighted by Crippen LogP contribution is 2.02. The topological polar surface area (TPSA) is 129 Å². The number of nitrogens with two attached hydrogens (primary N) is 2. The van der Waals surface area contributed by atoms with E-state index in [1.54, 1.807) is 17.8 Å². The molecule has 1 rings (SSSR count). The molecule has 1 aromatic rings. The van der Waals surface area contributed by atoms with Gasteiger partial charge in [-0.25, -0.2) is 5.84 Å². The fraction of sp³-hybridized carbons (Fsp3) is 0.647. The standard InChI is InChI=1S/C17H30N6O3/c1-15(25)7-3-5-9-23-12-17(20-21-23)14-26-13-16(18)11-22(19)8-4-2-6-10-24/h10-12H,2-9,13-14,18-19H2,1H3/b16-11-. The Hall–Kier alpha value is -2.26. The van der Waals surface area contributed by atoms with Crippen LogP contribution in [-0.2, 0) is 27.5 Å². The van der Waals surface area contributed by atoms with E-state index in [-0.39, 0.29) is 12.4 Å². The van der Waals surface area contributed by atoms with Gasteiger partial charge in [-0.1, -0.05) is 5.21 Å². The first-order chi connectivity index (χ1) is 12.5. The number of carbonyl (C=O) groups excluding carboxylic acids is 2. The number of aldehydes is 1. The molecular formula is C17H30N6O3. The lowest BCUT2D eigenvalue weighted by Crippen LogP contribution is -2.28. The molecule has 1 aromatic heterocycles. The maximum Gasteiger partial charge on any atom is 0.129 e. The third-order valence-corrected chi connectivity index (χ3v) is 3.59. The highest BCUT2D eigenvalue weighted by molar-refractivity contribution is 5.75. The summed E-state index contributed by atoms with van der Waals surface area (Å²) in [7, 11) is 0. The number of aromatic nitrogens is 3. The summed E-state index contributed by atoms with van der Waals surface area (Å²) in [6.45, 7) is 3.52. The van der Waals surface area contributed by atoms with Gasteiger partial charge in [0.2, 0.25) is 0 Å². The number of aryl methyl sites for hydroxylation is 1. The number of hydrogen-bond donors (Lipinski definition) is 2. The van der Waals surface area contributed by atoms with Crippen LogP contribution >= 0.6 is 0 Å². The van der Waals surface area contributed by atoms with Crippen molar-refractivity contribution in [2.45, 2.75) is 58.6 Å². The van der Waals surface area contributed by atoms with Crippen LogP contribution in [0.15, 0.2) is 18.1 Å². The lowest BCUT2D eigenvalue weighted by molar-refractivity contribution is -0.117. The van der Waals surface area contributed by atoms with Crippen LogP contribution in [0.2, 0.25) is 0 Å². The smallest absolute Gasteiger partial charge is 0.129 e. The molecule has 0 unspecified atom stereocenters. The monoisotopic (exact) mass is 366 g/mol. The van der Waals surface area contributed by atoms with Crippen molar-refractivity contribution in [1.82, 2.24) is 20.0 Å². The third-order valence-electron chi connectivity index (χ3n) is 3.59. The van der Waals surface area contributed by atoms with E-state index in [4.69, 9.17) is 16.3 Å². The van der Waals surface area contributed by atoms with Gasteiger partial charge in [0.1, 0.15) is 17.8 Å². The summed E-state index contributed by atoms with van der Waals surface area (Å²) in [5.74, 6) is 6.01. The Labute approximate surface area is 154 Å². The van der Waals surface area contributed by atoms with Gasteiger partial charge in [0.05, 0.1) is 25.1 Å². The molecule has 0 aliphatic carbocycles. The molecule has 0 saturated carbocycles. The predicted molar refractivity (Wildman–Crippen MR) is 97.3 cm³/mol. The molecule has 0 amide bonds. The van der Waals surface area contributed by atoms with E-state index >= 15 is 0 Å². The lowest BCUT2D eigenvalue weighted by atomic mass is 10.2. The van der Waals surface area contributed by atoms with E-state index in [2.05, 4.69) is 10.3 Å². The maximum atomic E-state index is 10.9. The predicted octanol–water partition coefficient (Wildman–Crippen LogP) is 0.899. The SMILES string of the molecule is CC(=O)CCCCn1cc(COC/C(N)=C/N(N)CCCCC=O)nn1. The van der Waals surface area contributed by atoms with Crippen LogP contribution in [0.3, 0.4) is 0 Å². The van der Waals surface area contributed by atoms with E-state index in [0.29, 0.717) is 31.7 Å². The summed E-state index contributed by atoms with van der Waals surface area (Å²) in [5.41, 5.74) is 7.11. The molecule has 0 aromatic carbocycles. The second kappa shape index (κ2) is 13.0. The minimum absolute atomic E-state index is 0.209. The first-order valence-electron chi connectivity index (χ1n) is 8.88. The zero-order valence-electron chi connectivity index (χ0n) is 15.5. The zero-order valence-corrected chi connectivity index (χ0v) is 15.5. The van der Waals surface area contributed by atoms with Crippen molar-refractivity contribution in [3.63, 3.8) is 0 Å². The number of nitrogens with zero attached hydrogens (tertiary/aromatic N) is 4. The maximum absolute atomic E-state index is 10.9. The van der Waals surface area contributed by atoms with Crippen molar-refractivity contribution >= 4 is 12.1 Å². The lowest BCUT2D eigenvalue weighted by Gasteiger charge is -2.14. The summed E-state index contributed by atoms with van der Waals surface area (Å²) in [4.78, 5) is 21.1. The third kappa shape index (κ3) is 10.6. The fourth-order valence-electron chi connectivity index (χ4n) is 2.27. The Morgan fingerprint density at radius 2 is 2.15 bits per heavy atom. The number of unbranched alkanes of at least 4 members (excludes halogenated alkanes) is 3. The molecule has 0 spiro atoms. The van der Waals surface area contributed by atoms with Gasteiger partial charge in [0.25, 0.3) is 0 Å². The molecule has 146 valence electrons. The van der Waals surface area contributed by atoms with Gasteiger partial charge in [0.15, 0.2) is 0 Å². The highest BCUT2D eigenvalue weighted by Gasteiger charge is 2.03. The van der Waals surface area contributed by atoms with Gasteiger partial charge < -0.3 is 25.1 Å². The average molecular weight is 366 g/mol. The Bertz CT molecular complexity index is 573. The fourth-order valence-corrected chi connectivity index (χ4v) is 2.27. The second-order valence-electron chi connectivity index (χ2n) is 6.23. The van der Waals surface area contributed by atoms with Crippen molar-refractivity contribution in [3.05, 3.63) is 23.8 Å². The van der Waals surface area contributed by atoms with Gasteiger partial charge in [-0.05, 0) is 32.6 Å². The van der Waals surface area contributed by atoms with E-state index < -0.39 is 0 Å².